The normalized spacial score (nSPS) is 10.4. The predicted molar refractivity (Wildman–Crippen MR) is 108 cm³/mol. The van der Waals surface area contributed by atoms with Crippen molar-refractivity contribution in [3.8, 4) is 5.75 Å². The zero-order valence-corrected chi connectivity index (χ0v) is 15.6. The van der Waals surface area contributed by atoms with Crippen LogP contribution in [-0.2, 0) is 6.61 Å². The Bertz CT molecular complexity index is 1020. The monoisotopic (exact) mass is 376 g/mol. The first-order chi connectivity index (χ1) is 13.4. The maximum absolute atomic E-state index is 12.5. The number of anilines is 1. The van der Waals surface area contributed by atoms with Crippen molar-refractivity contribution in [3.63, 3.8) is 0 Å². The molecule has 0 aromatic heterocycles. The van der Waals surface area contributed by atoms with Gasteiger partial charge < -0.3 is 10.1 Å². The number of carbonyl (C=O) groups is 1. The molecule has 1 amide bonds. The van der Waals surface area contributed by atoms with E-state index in [4.69, 9.17) is 4.74 Å². The third-order valence-corrected chi connectivity index (χ3v) is 4.35. The van der Waals surface area contributed by atoms with Gasteiger partial charge in [-0.15, -0.1) is 0 Å². The highest BCUT2D eigenvalue weighted by atomic mass is 16.6. The van der Waals surface area contributed by atoms with Crippen LogP contribution in [0.25, 0.3) is 0 Å². The van der Waals surface area contributed by atoms with Crippen molar-refractivity contribution in [2.45, 2.75) is 20.5 Å². The third-order valence-electron chi connectivity index (χ3n) is 4.35. The van der Waals surface area contributed by atoms with Crippen LogP contribution in [0, 0.1) is 24.0 Å². The van der Waals surface area contributed by atoms with E-state index in [1.807, 2.05) is 38.1 Å². The smallest absolute Gasteiger partial charge is 0.273 e. The summed E-state index contributed by atoms with van der Waals surface area (Å²) in [7, 11) is 0. The fraction of sp³-hybridized carbons (Fsp3) is 0.136. The van der Waals surface area contributed by atoms with Crippen LogP contribution in [0.3, 0.4) is 0 Å². The Balaban J connectivity index is 1.86. The number of nitro groups is 1. The van der Waals surface area contributed by atoms with Crippen molar-refractivity contribution in [1.82, 2.24) is 0 Å². The molecule has 3 rings (SSSR count). The molecular formula is C22H20N2O4. The van der Waals surface area contributed by atoms with Crippen LogP contribution >= 0.6 is 0 Å². The topological polar surface area (TPSA) is 81.5 Å². The van der Waals surface area contributed by atoms with Crippen LogP contribution in [0.1, 0.15) is 27.0 Å². The van der Waals surface area contributed by atoms with Crippen molar-refractivity contribution in [2.24, 2.45) is 0 Å². The highest BCUT2D eigenvalue weighted by Gasteiger charge is 2.15. The minimum atomic E-state index is -0.492. The van der Waals surface area contributed by atoms with Gasteiger partial charge in [-0.05, 0) is 43.2 Å². The summed E-state index contributed by atoms with van der Waals surface area (Å²) in [5.41, 5.74) is 3.90. The van der Waals surface area contributed by atoms with Crippen LogP contribution in [0.4, 0.5) is 11.4 Å². The Labute approximate surface area is 162 Å². The zero-order valence-electron chi connectivity index (χ0n) is 15.6. The molecule has 0 bridgehead atoms. The second-order valence-electron chi connectivity index (χ2n) is 6.48. The van der Waals surface area contributed by atoms with E-state index in [0.29, 0.717) is 11.3 Å². The lowest BCUT2D eigenvalue weighted by atomic mass is 10.1. The molecule has 0 fully saturated rings. The van der Waals surface area contributed by atoms with Gasteiger partial charge in [0, 0.05) is 11.6 Å². The quantitative estimate of drug-likeness (QED) is 0.482. The molecule has 0 aliphatic rings. The van der Waals surface area contributed by atoms with Gasteiger partial charge >= 0.3 is 0 Å². The highest BCUT2D eigenvalue weighted by molar-refractivity contribution is 6.05. The summed E-state index contributed by atoms with van der Waals surface area (Å²) >= 11 is 0. The standard InChI is InChI=1S/C22H20N2O4/c1-15-8-9-16(2)18(12-15)14-28-21-13-19(24(26)27)10-11-20(21)23-22(25)17-6-4-3-5-7-17/h3-13H,14H2,1-2H3,(H,23,25). The Morgan fingerprint density at radius 1 is 1.04 bits per heavy atom. The first-order valence-electron chi connectivity index (χ1n) is 8.78. The molecule has 1 N–H and O–H groups in total. The summed E-state index contributed by atoms with van der Waals surface area (Å²) in [5.74, 6) is -0.0644. The molecule has 6 heteroatoms. The number of aryl methyl sites for hydroxylation is 2. The average Bonchev–Trinajstić information content (AvgIpc) is 2.70. The Kier molecular flexibility index (Phi) is 5.69. The van der Waals surface area contributed by atoms with Gasteiger partial charge in [0.2, 0.25) is 0 Å². The SMILES string of the molecule is Cc1ccc(C)c(COc2cc([N+](=O)[O-])ccc2NC(=O)c2ccccc2)c1. The molecule has 0 heterocycles. The summed E-state index contributed by atoms with van der Waals surface area (Å²) < 4.78 is 5.87. The Hall–Kier alpha value is -3.67. The molecule has 0 spiro atoms. The fourth-order valence-electron chi connectivity index (χ4n) is 2.74. The lowest BCUT2D eigenvalue weighted by molar-refractivity contribution is -0.384. The van der Waals surface area contributed by atoms with Gasteiger partial charge in [-0.1, -0.05) is 42.0 Å². The van der Waals surface area contributed by atoms with E-state index in [-0.39, 0.29) is 24.0 Å². The Morgan fingerprint density at radius 2 is 1.79 bits per heavy atom. The molecule has 6 nitrogen and oxygen atoms in total. The summed E-state index contributed by atoms with van der Waals surface area (Å²) in [6, 6.07) is 18.9. The van der Waals surface area contributed by atoms with E-state index in [1.54, 1.807) is 24.3 Å². The number of benzene rings is 3. The number of hydrogen-bond donors (Lipinski definition) is 1. The number of nitro benzene ring substituents is 1. The maximum Gasteiger partial charge on any atom is 0.273 e. The molecule has 3 aromatic carbocycles. The van der Waals surface area contributed by atoms with Gasteiger partial charge in [-0.3, -0.25) is 14.9 Å². The van der Waals surface area contributed by atoms with Gasteiger partial charge in [0.15, 0.2) is 0 Å². The molecule has 0 aliphatic heterocycles. The molecule has 0 aliphatic carbocycles. The number of nitrogens with zero attached hydrogens (tertiary/aromatic N) is 1. The molecule has 0 unspecified atom stereocenters. The predicted octanol–water partition coefficient (Wildman–Crippen LogP) is 5.04. The molecule has 3 aromatic rings. The minimum absolute atomic E-state index is 0.103. The molecule has 0 radical (unpaired) electrons. The van der Waals surface area contributed by atoms with Gasteiger partial charge in [0.25, 0.3) is 11.6 Å². The molecular weight excluding hydrogens is 356 g/mol. The number of nitrogens with one attached hydrogen (secondary N) is 1. The third kappa shape index (κ3) is 4.54. The summed E-state index contributed by atoms with van der Waals surface area (Å²) in [4.78, 5) is 23.1. The van der Waals surface area contributed by atoms with Crippen molar-refractivity contribution in [2.75, 3.05) is 5.32 Å². The molecule has 142 valence electrons. The number of rotatable bonds is 6. The van der Waals surface area contributed by atoms with Gasteiger partial charge in [0.05, 0.1) is 16.7 Å². The average molecular weight is 376 g/mol. The van der Waals surface area contributed by atoms with Gasteiger partial charge in [-0.25, -0.2) is 0 Å². The van der Waals surface area contributed by atoms with E-state index in [1.165, 1.54) is 18.2 Å². The molecule has 0 saturated carbocycles. The zero-order chi connectivity index (χ0) is 20.1. The second-order valence-corrected chi connectivity index (χ2v) is 6.48. The fourth-order valence-corrected chi connectivity index (χ4v) is 2.74. The van der Waals surface area contributed by atoms with Crippen molar-refractivity contribution in [1.29, 1.82) is 0 Å². The van der Waals surface area contributed by atoms with Crippen LogP contribution in [0.2, 0.25) is 0 Å². The molecule has 28 heavy (non-hydrogen) atoms. The number of ether oxygens (including phenoxy) is 1. The van der Waals surface area contributed by atoms with E-state index in [2.05, 4.69) is 5.32 Å². The number of hydrogen-bond acceptors (Lipinski definition) is 4. The Morgan fingerprint density at radius 3 is 2.50 bits per heavy atom. The maximum atomic E-state index is 12.5. The van der Waals surface area contributed by atoms with Crippen molar-refractivity contribution in [3.05, 3.63) is 99.1 Å². The van der Waals surface area contributed by atoms with Crippen LogP contribution in [0.5, 0.6) is 5.75 Å². The lowest BCUT2D eigenvalue weighted by Crippen LogP contribution is -2.13. The van der Waals surface area contributed by atoms with Crippen molar-refractivity contribution < 1.29 is 14.5 Å². The second kappa shape index (κ2) is 8.35. The first-order valence-corrected chi connectivity index (χ1v) is 8.78. The van der Waals surface area contributed by atoms with Crippen LogP contribution in [0.15, 0.2) is 66.7 Å². The largest absolute Gasteiger partial charge is 0.486 e. The van der Waals surface area contributed by atoms with Gasteiger partial charge in [0.1, 0.15) is 12.4 Å². The van der Waals surface area contributed by atoms with Crippen LogP contribution < -0.4 is 10.1 Å². The van der Waals surface area contributed by atoms with E-state index >= 15 is 0 Å². The minimum Gasteiger partial charge on any atom is -0.486 e. The first kappa shape index (κ1) is 19.1. The summed E-state index contributed by atoms with van der Waals surface area (Å²) in [5, 5.41) is 13.9. The van der Waals surface area contributed by atoms with Crippen molar-refractivity contribution >= 4 is 17.3 Å². The van der Waals surface area contributed by atoms with Gasteiger partial charge in [-0.2, -0.15) is 0 Å². The van der Waals surface area contributed by atoms with E-state index < -0.39 is 4.92 Å². The highest BCUT2D eigenvalue weighted by Crippen LogP contribution is 2.31. The number of non-ortho nitro benzene ring substituents is 1. The molecule has 0 saturated heterocycles. The van der Waals surface area contributed by atoms with E-state index in [9.17, 15) is 14.9 Å². The number of amides is 1. The van der Waals surface area contributed by atoms with E-state index in [0.717, 1.165) is 16.7 Å². The summed E-state index contributed by atoms with van der Waals surface area (Å²) in [6.45, 7) is 4.20. The summed E-state index contributed by atoms with van der Waals surface area (Å²) in [6.07, 6.45) is 0. The van der Waals surface area contributed by atoms with Crippen LogP contribution in [-0.4, -0.2) is 10.8 Å². The number of carbonyl (C=O) groups excluding carboxylic acids is 1. The molecule has 0 atom stereocenters. The lowest BCUT2D eigenvalue weighted by Gasteiger charge is -2.14.